The average Bonchev–Trinajstić information content (AvgIpc) is 3.20. The predicted molar refractivity (Wildman–Crippen MR) is 84.4 cm³/mol. The molecule has 1 aromatic carbocycles. The van der Waals surface area contributed by atoms with E-state index in [-0.39, 0.29) is 5.91 Å². The number of hydrogen-bond acceptors (Lipinski definition) is 2. The Hall–Kier alpha value is -2.23. The first kappa shape index (κ1) is 13.7. The molecule has 4 nitrogen and oxygen atoms in total. The van der Waals surface area contributed by atoms with E-state index >= 15 is 0 Å². The normalized spacial score (nSPS) is 14.0. The van der Waals surface area contributed by atoms with Gasteiger partial charge in [0.05, 0.1) is 0 Å². The van der Waals surface area contributed by atoms with E-state index in [2.05, 4.69) is 40.6 Å². The highest BCUT2D eigenvalue weighted by molar-refractivity contribution is 5.94. The summed E-state index contributed by atoms with van der Waals surface area (Å²) in [7, 11) is 0. The number of nitrogens with one attached hydrogen (secondary N) is 2. The largest absolute Gasteiger partial charge is 0.381 e. The van der Waals surface area contributed by atoms with E-state index in [0.29, 0.717) is 6.04 Å². The molecule has 1 aliphatic rings. The molecular weight excluding hydrogens is 262 g/mol. The van der Waals surface area contributed by atoms with Crippen molar-refractivity contribution in [3.8, 4) is 0 Å². The van der Waals surface area contributed by atoms with Crippen LogP contribution in [0.5, 0.6) is 0 Å². The van der Waals surface area contributed by atoms with Crippen molar-refractivity contribution in [3.63, 3.8) is 0 Å². The molecule has 110 valence electrons. The molecule has 3 rings (SSSR count). The number of aryl methyl sites for hydroxylation is 1. The second-order valence-electron chi connectivity index (χ2n) is 5.53. The highest BCUT2D eigenvalue weighted by Crippen LogP contribution is 2.19. The highest BCUT2D eigenvalue weighted by atomic mass is 16.1. The van der Waals surface area contributed by atoms with Crippen LogP contribution in [0.1, 0.15) is 35.7 Å². The second-order valence-corrected chi connectivity index (χ2v) is 5.53. The number of aromatic nitrogens is 1. The molecule has 0 atom stereocenters. The Bertz CT molecular complexity index is 611. The van der Waals surface area contributed by atoms with Crippen molar-refractivity contribution in [1.29, 1.82) is 0 Å². The van der Waals surface area contributed by atoms with Crippen molar-refractivity contribution >= 4 is 11.6 Å². The summed E-state index contributed by atoms with van der Waals surface area (Å²) < 4.78 is 2.16. The Morgan fingerprint density at radius 3 is 2.62 bits per heavy atom. The summed E-state index contributed by atoms with van der Waals surface area (Å²) >= 11 is 0. The highest BCUT2D eigenvalue weighted by Gasteiger charge is 2.23. The quantitative estimate of drug-likeness (QED) is 0.856. The summed E-state index contributed by atoms with van der Waals surface area (Å²) in [4.78, 5) is 11.9. The van der Waals surface area contributed by atoms with Gasteiger partial charge in [0.15, 0.2) is 0 Å². The number of rotatable bonds is 6. The first-order valence-corrected chi connectivity index (χ1v) is 7.54. The van der Waals surface area contributed by atoms with Crippen LogP contribution < -0.4 is 10.6 Å². The summed E-state index contributed by atoms with van der Waals surface area (Å²) in [6, 6.07) is 10.2. The standard InChI is InChI=1S/C17H21N3O/c1-2-20-10-9-13(12-20)11-18-15-5-3-14(4-6-15)17(21)19-16-7-8-16/h3-6,9-10,12,16,18H,2,7-8,11H2,1H3,(H,19,21). The zero-order chi connectivity index (χ0) is 14.7. The van der Waals surface area contributed by atoms with Gasteiger partial charge in [0.25, 0.3) is 5.91 Å². The zero-order valence-electron chi connectivity index (χ0n) is 12.3. The molecule has 1 saturated carbocycles. The maximum Gasteiger partial charge on any atom is 0.251 e. The average molecular weight is 283 g/mol. The van der Waals surface area contributed by atoms with E-state index in [9.17, 15) is 4.79 Å². The Kier molecular flexibility index (Phi) is 3.95. The molecule has 1 aromatic heterocycles. The Morgan fingerprint density at radius 1 is 1.24 bits per heavy atom. The number of benzene rings is 1. The third-order valence-electron chi connectivity index (χ3n) is 3.73. The fourth-order valence-corrected chi connectivity index (χ4v) is 2.23. The third-order valence-corrected chi connectivity index (χ3v) is 3.73. The third kappa shape index (κ3) is 3.66. The fraction of sp³-hybridized carbons (Fsp3) is 0.353. The van der Waals surface area contributed by atoms with Gasteiger partial charge in [0.1, 0.15) is 0 Å². The molecule has 0 spiro atoms. The Balaban J connectivity index is 1.54. The van der Waals surface area contributed by atoms with Crippen molar-refractivity contribution in [3.05, 3.63) is 53.9 Å². The van der Waals surface area contributed by atoms with Crippen LogP contribution in [-0.4, -0.2) is 16.5 Å². The number of nitrogens with zero attached hydrogens (tertiary/aromatic N) is 1. The van der Waals surface area contributed by atoms with Crippen LogP contribution in [0, 0.1) is 0 Å². The summed E-state index contributed by atoms with van der Waals surface area (Å²) in [5.74, 6) is 0.0315. The second kappa shape index (κ2) is 6.04. The summed E-state index contributed by atoms with van der Waals surface area (Å²) in [6.07, 6.45) is 6.46. The van der Waals surface area contributed by atoms with Crippen molar-refractivity contribution in [1.82, 2.24) is 9.88 Å². The Morgan fingerprint density at radius 2 is 2.00 bits per heavy atom. The minimum absolute atomic E-state index is 0.0315. The molecule has 1 amide bonds. The molecule has 1 aliphatic carbocycles. The van der Waals surface area contributed by atoms with Gasteiger partial charge in [-0.2, -0.15) is 0 Å². The van der Waals surface area contributed by atoms with Gasteiger partial charge in [-0.3, -0.25) is 4.79 Å². The number of amides is 1. The van der Waals surface area contributed by atoms with Crippen molar-refractivity contribution in [2.45, 2.75) is 38.9 Å². The molecule has 0 unspecified atom stereocenters. The molecular formula is C17H21N3O. The van der Waals surface area contributed by atoms with E-state index in [1.807, 2.05) is 24.3 Å². The molecule has 21 heavy (non-hydrogen) atoms. The van der Waals surface area contributed by atoms with E-state index in [1.165, 1.54) is 5.56 Å². The zero-order valence-corrected chi connectivity index (χ0v) is 12.3. The minimum Gasteiger partial charge on any atom is -0.381 e. The summed E-state index contributed by atoms with van der Waals surface area (Å²) in [5.41, 5.74) is 3.01. The first-order valence-electron chi connectivity index (χ1n) is 7.54. The molecule has 2 N–H and O–H groups in total. The van der Waals surface area contributed by atoms with Gasteiger partial charge in [-0.15, -0.1) is 0 Å². The van der Waals surface area contributed by atoms with Gasteiger partial charge in [-0.05, 0) is 55.7 Å². The number of anilines is 1. The van der Waals surface area contributed by atoms with Crippen LogP contribution in [0.15, 0.2) is 42.7 Å². The smallest absolute Gasteiger partial charge is 0.251 e. The molecule has 0 aliphatic heterocycles. The van der Waals surface area contributed by atoms with Crippen LogP contribution in [0.25, 0.3) is 0 Å². The first-order chi connectivity index (χ1) is 10.2. The number of carbonyl (C=O) groups excluding carboxylic acids is 1. The summed E-state index contributed by atoms with van der Waals surface area (Å²) in [6.45, 7) is 3.91. The lowest BCUT2D eigenvalue weighted by molar-refractivity contribution is 0.0951. The van der Waals surface area contributed by atoms with Gasteiger partial charge in [-0.1, -0.05) is 0 Å². The lowest BCUT2D eigenvalue weighted by atomic mass is 10.2. The van der Waals surface area contributed by atoms with Crippen LogP contribution in [0.2, 0.25) is 0 Å². The van der Waals surface area contributed by atoms with Crippen LogP contribution in [0.4, 0.5) is 5.69 Å². The molecule has 0 saturated heterocycles. The molecule has 1 heterocycles. The van der Waals surface area contributed by atoms with Crippen molar-refractivity contribution in [2.75, 3.05) is 5.32 Å². The Labute approximate surface area is 125 Å². The van der Waals surface area contributed by atoms with E-state index in [4.69, 9.17) is 0 Å². The van der Waals surface area contributed by atoms with E-state index in [0.717, 1.165) is 37.2 Å². The molecule has 2 aromatic rings. The van der Waals surface area contributed by atoms with E-state index < -0.39 is 0 Å². The van der Waals surface area contributed by atoms with Gasteiger partial charge >= 0.3 is 0 Å². The van der Waals surface area contributed by atoms with Gasteiger partial charge in [-0.25, -0.2) is 0 Å². The van der Waals surface area contributed by atoms with Crippen molar-refractivity contribution < 1.29 is 4.79 Å². The predicted octanol–water partition coefficient (Wildman–Crippen LogP) is 3.01. The van der Waals surface area contributed by atoms with E-state index in [1.54, 1.807) is 0 Å². The SMILES string of the molecule is CCn1ccc(CNc2ccc(C(=O)NC3CC3)cc2)c1. The monoisotopic (exact) mass is 283 g/mol. The topological polar surface area (TPSA) is 46.1 Å². The lowest BCUT2D eigenvalue weighted by Gasteiger charge is -2.07. The molecule has 4 heteroatoms. The fourth-order valence-electron chi connectivity index (χ4n) is 2.23. The number of hydrogen-bond donors (Lipinski definition) is 2. The maximum atomic E-state index is 11.9. The molecule has 0 radical (unpaired) electrons. The molecule has 1 fully saturated rings. The minimum atomic E-state index is 0.0315. The van der Waals surface area contributed by atoms with Gasteiger partial charge < -0.3 is 15.2 Å². The lowest BCUT2D eigenvalue weighted by Crippen LogP contribution is -2.25. The molecule has 0 bridgehead atoms. The number of carbonyl (C=O) groups is 1. The van der Waals surface area contributed by atoms with Crippen molar-refractivity contribution in [2.24, 2.45) is 0 Å². The van der Waals surface area contributed by atoms with Gasteiger partial charge in [0, 0.05) is 42.8 Å². The van der Waals surface area contributed by atoms with Crippen LogP contribution in [0.3, 0.4) is 0 Å². The summed E-state index contributed by atoms with van der Waals surface area (Å²) in [5, 5.41) is 6.37. The maximum absolute atomic E-state index is 11.9. The van der Waals surface area contributed by atoms with Gasteiger partial charge in [0.2, 0.25) is 0 Å². The van der Waals surface area contributed by atoms with Crippen LogP contribution >= 0.6 is 0 Å². The van der Waals surface area contributed by atoms with Crippen LogP contribution in [-0.2, 0) is 13.1 Å².